The van der Waals surface area contributed by atoms with Crippen LogP contribution in [0.5, 0.6) is 0 Å². The number of thiazole rings is 1. The van der Waals surface area contributed by atoms with E-state index in [9.17, 15) is 4.79 Å². The maximum Gasteiger partial charge on any atom is 0.244 e. The second-order valence-corrected chi connectivity index (χ2v) is 8.80. The first-order valence-corrected chi connectivity index (χ1v) is 10.8. The van der Waals surface area contributed by atoms with Crippen molar-refractivity contribution < 1.29 is 4.79 Å². The molecule has 1 aliphatic carbocycles. The molecule has 6 nitrogen and oxygen atoms in total. The molecule has 0 bridgehead atoms. The molecule has 3 atom stereocenters. The Labute approximate surface area is 173 Å². The molecule has 1 amide bonds. The number of para-hydroxylation sites is 1. The molecule has 3 aromatic rings. The normalized spacial score (nSPS) is 22.9. The summed E-state index contributed by atoms with van der Waals surface area (Å²) in [5.74, 6) is 2.63. The van der Waals surface area contributed by atoms with Gasteiger partial charge in [-0.1, -0.05) is 23.5 Å². The minimum absolute atomic E-state index is 0.0660. The van der Waals surface area contributed by atoms with Crippen LogP contribution in [0.1, 0.15) is 12.0 Å². The molecule has 0 radical (unpaired) electrons. The number of carbonyl (C=O) groups excluding carboxylic acids is 1. The van der Waals surface area contributed by atoms with E-state index in [2.05, 4.69) is 33.4 Å². The van der Waals surface area contributed by atoms with Crippen LogP contribution in [0.4, 0.5) is 10.9 Å². The number of nitrogens with two attached hydrogens (primary N) is 1. The predicted octanol–water partition coefficient (Wildman–Crippen LogP) is 3.18. The van der Waals surface area contributed by atoms with E-state index in [1.165, 1.54) is 4.70 Å². The Morgan fingerprint density at radius 2 is 2.07 bits per heavy atom. The Bertz CT molecular complexity index is 1020. The van der Waals surface area contributed by atoms with Gasteiger partial charge in [-0.15, -0.1) is 0 Å². The van der Waals surface area contributed by atoms with Crippen molar-refractivity contribution in [3.05, 3.63) is 54.2 Å². The zero-order valence-corrected chi connectivity index (χ0v) is 16.8. The first kappa shape index (κ1) is 18.1. The molecule has 1 aromatic carbocycles. The lowest BCUT2D eigenvalue weighted by atomic mass is 10.2. The summed E-state index contributed by atoms with van der Waals surface area (Å²) in [6.45, 7) is 2.91. The lowest BCUT2D eigenvalue weighted by Crippen LogP contribution is -2.26. The fraction of sp³-hybridized carbons (Fsp3) is 0.318. The summed E-state index contributed by atoms with van der Waals surface area (Å²) in [7, 11) is 0. The average Bonchev–Trinajstić information content (AvgIpc) is 3.10. The molecule has 3 heterocycles. The fourth-order valence-electron chi connectivity index (χ4n) is 4.34. The first-order valence-electron chi connectivity index (χ1n) is 9.95. The molecule has 148 valence electrons. The van der Waals surface area contributed by atoms with E-state index in [1.807, 2.05) is 12.1 Å². The Morgan fingerprint density at radius 1 is 1.24 bits per heavy atom. The maximum absolute atomic E-state index is 12.0. The third-order valence-electron chi connectivity index (χ3n) is 5.94. The number of aromatic nitrogens is 2. The van der Waals surface area contributed by atoms with Crippen molar-refractivity contribution in [1.29, 1.82) is 0 Å². The van der Waals surface area contributed by atoms with Gasteiger partial charge >= 0.3 is 0 Å². The summed E-state index contributed by atoms with van der Waals surface area (Å²) in [4.78, 5) is 23.2. The number of piperidine rings is 1. The number of benzene rings is 1. The topological polar surface area (TPSA) is 84.1 Å². The summed E-state index contributed by atoms with van der Waals surface area (Å²) in [5, 5.41) is 4.14. The molecule has 29 heavy (non-hydrogen) atoms. The molecule has 2 aromatic heterocycles. The lowest BCUT2D eigenvalue weighted by Gasteiger charge is -2.18. The second kappa shape index (κ2) is 7.48. The molecule has 0 unspecified atom stereocenters. The van der Waals surface area contributed by atoms with Gasteiger partial charge in [-0.05, 0) is 60.1 Å². The number of carbonyl (C=O) groups is 1. The van der Waals surface area contributed by atoms with Crippen molar-refractivity contribution in [2.75, 3.05) is 30.3 Å². The quantitative estimate of drug-likeness (QED) is 0.616. The highest BCUT2D eigenvalue weighted by atomic mass is 32.1. The Kier molecular flexibility index (Phi) is 4.67. The van der Waals surface area contributed by atoms with Gasteiger partial charge < -0.3 is 16.0 Å². The summed E-state index contributed by atoms with van der Waals surface area (Å²) in [6, 6.07) is 11.9. The molecule has 5 rings (SSSR count). The molecule has 0 spiro atoms. The number of amides is 1. The summed E-state index contributed by atoms with van der Waals surface area (Å²) >= 11 is 1.78. The molecule has 2 aliphatic rings. The predicted molar refractivity (Wildman–Crippen MR) is 118 cm³/mol. The van der Waals surface area contributed by atoms with Gasteiger partial charge in [0.2, 0.25) is 5.91 Å². The zero-order chi connectivity index (χ0) is 19.8. The molecule has 1 saturated carbocycles. The van der Waals surface area contributed by atoms with Crippen molar-refractivity contribution in [2.45, 2.75) is 6.42 Å². The highest BCUT2D eigenvalue weighted by Gasteiger charge is 2.55. The van der Waals surface area contributed by atoms with Gasteiger partial charge in [0.05, 0.1) is 10.2 Å². The van der Waals surface area contributed by atoms with E-state index in [-0.39, 0.29) is 5.91 Å². The van der Waals surface area contributed by atoms with Crippen LogP contribution < -0.4 is 16.0 Å². The molecule has 2 fully saturated rings. The van der Waals surface area contributed by atoms with Gasteiger partial charge in [0.15, 0.2) is 5.13 Å². The summed E-state index contributed by atoms with van der Waals surface area (Å²) in [5.41, 5.74) is 7.51. The molecular formula is C22H23N5OS. The third-order valence-corrected chi connectivity index (χ3v) is 7.03. The fourth-order valence-corrected chi connectivity index (χ4v) is 5.32. The number of nitrogen functional groups attached to an aromatic ring is 1. The van der Waals surface area contributed by atoms with Crippen molar-refractivity contribution >= 4 is 44.5 Å². The van der Waals surface area contributed by atoms with Crippen molar-refractivity contribution in [3.63, 3.8) is 0 Å². The number of hydrogen-bond acceptors (Lipinski definition) is 6. The average molecular weight is 406 g/mol. The van der Waals surface area contributed by atoms with Crippen LogP contribution in [0, 0.1) is 17.8 Å². The van der Waals surface area contributed by atoms with E-state index in [0.717, 1.165) is 60.0 Å². The van der Waals surface area contributed by atoms with Crippen molar-refractivity contribution in [1.82, 2.24) is 15.3 Å². The number of fused-ring (bicyclic) bond motifs is 2. The van der Waals surface area contributed by atoms with E-state index >= 15 is 0 Å². The second-order valence-electron chi connectivity index (χ2n) is 7.79. The first-order chi connectivity index (χ1) is 14.2. The van der Waals surface area contributed by atoms with Gasteiger partial charge in [-0.25, -0.2) is 9.97 Å². The monoisotopic (exact) mass is 405 g/mol. The highest BCUT2D eigenvalue weighted by molar-refractivity contribution is 7.22. The number of rotatable bonds is 6. The number of nitrogens with one attached hydrogen (secondary N) is 1. The van der Waals surface area contributed by atoms with Crippen LogP contribution >= 0.6 is 11.3 Å². The van der Waals surface area contributed by atoms with Crippen LogP contribution in [-0.4, -0.2) is 35.5 Å². The number of pyridine rings is 1. The smallest absolute Gasteiger partial charge is 0.244 e. The van der Waals surface area contributed by atoms with E-state index in [0.29, 0.717) is 5.82 Å². The molecule has 3 N–H and O–H groups in total. The largest absolute Gasteiger partial charge is 0.384 e. The molecule has 7 heteroatoms. The number of hydrogen-bond donors (Lipinski definition) is 2. The highest BCUT2D eigenvalue weighted by Crippen LogP contribution is 2.54. The van der Waals surface area contributed by atoms with Crippen molar-refractivity contribution in [3.8, 4) is 0 Å². The van der Waals surface area contributed by atoms with Gasteiger partial charge in [-0.3, -0.25) is 4.79 Å². The number of nitrogens with zero attached hydrogens (tertiary/aromatic N) is 3. The Morgan fingerprint density at radius 3 is 2.83 bits per heavy atom. The minimum atomic E-state index is -0.0660. The maximum atomic E-state index is 12.0. The van der Waals surface area contributed by atoms with E-state index in [1.54, 1.807) is 35.8 Å². The van der Waals surface area contributed by atoms with Crippen LogP contribution in [0.3, 0.4) is 0 Å². The zero-order valence-electron chi connectivity index (χ0n) is 16.0. The van der Waals surface area contributed by atoms with Crippen LogP contribution in [0.2, 0.25) is 0 Å². The molecule has 1 aliphatic heterocycles. The Hall–Kier alpha value is -2.93. The van der Waals surface area contributed by atoms with Gasteiger partial charge in [0.25, 0.3) is 0 Å². The Balaban J connectivity index is 1.06. The van der Waals surface area contributed by atoms with Crippen LogP contribution in [-0.2, 0) is 4.79 Å². The third kappa shape index (κ3) is 3.82. The molecule has 1 saturated heterocycles. The van der Waals surface area contributed by atoms with Crippen LogP contribution in [0.15, 0.2) is 48.7 Å². The SMILES string of the molecule is Nc1ccc(/C=C/C(=O)NCC[C@@H]2[C@H]3CN(c4nc5ccccc5s4)C[C@@H]23)cn1. The molecular weight excluding hydrogens is 382 g/mol. The van der Waals surface area contributed by atoms with E-state index in [4.69, 9.17) is 10.7 Å². The summed E-state index contributed by atoms with van der Waals surface area (Å²) in [6.07, 6.45) is 6.01. The van der Waals surface area contributed by atoms with Gasteiger partial charge in [-0.2, -0.15) is 0 Å². The standard InChI is InChI=1S/C22H23N5OS/c23-20-7-5-14(11-25-20)6-8-21(28)24-10-9-15-16-12-27(13-17(15)16)22-26-18-3-1-2-4-19(18)29-22/h1-8,11,15-17H,9-10,12-13H2,(H2,23,25)(H,24,28)/b8-6+/t15-,16-,17+. The van der Waals surface area contributed by atoms with E-state index < -0.39 is 0 Å². The van der Waals surface area contributed by atoms with Crippen LogP contribution in [0.25, 0.3) is 16.3 Å². The minimum Gasteiger partial charge on any atom is -0.384 e. The lowest BCUT2D eigenvalue weighted by molar-refractivity contribution is -0.116. The van der Waals surface area contributed by atoms with Gasteiger partial charge in [0, 0.05) is 31.9 Å². The van der Waals surface area contributed by atoms with Crippen molar-refractivity contribution in [2.24, 2.45) is 17.8 Å². The summed E-state index contributed by atoms with van der Waals surface area (Å²) < 4.78 is 1.25. The van der Waals surface area contributed by atoms with Gasteiger partial charge in [0.1, 0.15) is 5.82 Å². The number of anilines is 2.